The Morgan fingerprint density at radius 2 is 0.700 bits per heavy atom. The number of nitrogens with zero attached hydrogens (tertiary/aromatic N) is 4. The van der Waals surface area contributed by atoms with Crippen LogP contribution in [0.25, 0.3) is 0 Å². The van der Waals surface area contributed by atoms with E-state index in [1.807, 2.05) is 0 Å². The maximum Gasteiger partial charge on any atom is 0.573 e. The van der Waals surface area contributed by atoms with E-state index in [1.54, 1.807) is 27.7 Å². The molecule has 18 nitrogen and oxygen atoms in total. The number of alkyl halides is 8. The molecule has 0 N–H and O–H groups in total. The highest BCUT2D eigenvalue weighted by molar-refractivity contribution is 5.94. The maximum absolute atomic E-state index is 15.7. The van der Waals surface area contributed by atoms with Crippen molar-refractivity contribution in [3.63, 3.8) is 0 Å². The van der Waals surface area contributed by atoms with Crippen LogP contribution in [-0.2, 0) is 70.1 Å². The maximum atomic E-state index is 15.7. The van der Waals surface area contributed by atoms with E-state index in [1.165, 1.54) is 0 Å². The molecular formula is C54H72F8N4O14. The number of cyclic esters (lactones) is 4. The lowest BCUT2D eigenvalue weighted by molar-refractivity contribution is -0.275. The minimum absolute atomic E-state index is 0.0775. The summed E-state index contributed by atoms with van der Waals surface area (Å²) in [6, 6.07) is 1.14. The Morgan fingerprint density at radius 1 is 0.438 bits per heavy atom. The second-order valence-electron chi connectivity index (χ2n) is 21.8. The lowest BCUT2D eigenvalue weighted by Crippen LogP contribution is -2.55. The fourth-order valence-corrected chi connectivity index (χ4v) is 8.52. The lowest BCUT2D eigenvalue weighted by Gasteiger charge is -2.36. The molecule has 0 aliphatic carbocycles. The van der Waals surface area contributed by atoms with Crippen LogP contribution >= 0.6 is 0 Å². The summed E-state index contributed by atoms with van der Waals surface area (Å²) in [6.07, 6.45) is -20.9. The van der Waals surface area contributed by atoms with Crippen molar-refractivity contribution in [1.29, 1.82) is 0 Å². The number of halogens is 8. The summed E-state index contributed by atoms with van der Waals surface area (Å²) in [5, 5.41) is 0. The second-order valence-corrected chi connectivity index (χ2v) is 21.8. The van der Waals surface area contributed by atoms with E-state index in [2.05, 4.69) is 9.47 Å². The summed E-state index contributed by atoms with van der Waals surface area (Å²) < 4.78 is 140. The van der Waals surface area contributed by atoms with Crippen molar-refractivity contribution in [1.82, 2.24) is 19.6 Å². The molecule has 0 unspecified atom stereocenters. The van der Waals surface area contributed by atoms with Gasteiger partial charge in [-0.1, -0.05) is 52.0 Å². The molecule has 448 valence electrons. The van der Waals surface area contributed by atoms with Gasteiger partial charge in [0.25, 0.3) is 23.6 Å². The summed E-state index contributed by atoms with van der Waals surface area (Å²) in [6.45, 7) is 13.1. The molecule has 1 fully saturated rings. The first-order valence-corrected chi connectivity index (χ1v) is 25.5. The van der Waals surface area contributed by atoms with Gasteiger partial charge in [0, 0.05) is 53.9 Å². The average Bonchev–Trinajstić information content (AvgIpc) is 3.32. The third kappa shape index (κ3) is 21.0. The SMILES string of the molecule is CC(C)C[C@H]1C(=O)O[C@H](C)C(=O)N(C)[C@@H](CC(C)(C)F)C(=O)O[C@H](Cc2ccc(OC(F)(F)F)cc2)C(=O)N(C)[C@@H](CC(C)C)C(=O)O[C@H](C)C(=O)N(C)[C@H](CC(C)(C)F)C(=O)O[C@H](Cc2ccc(OC(F)(F)F)cc2)C(=O)N1C. The van der Waals surface area contributed by atoms with Crippen LogP contribution < -0.4 is 9.47 Å². The number of amides is 4. The van der Waals surface area contributed by atoms with Crippen molar-refractivity contribution >= 4 is 47.5 Å². The molecule has 1 saturated heterocycles. The largest absolute Gasteiger partial charge is 0.573 e. The van der Waals surface area contributed by atoms with Crippen LogP contribution in [0, 0.1) is 11.8 Å². The number of hydrogen-bond donors (Lipinski definition) is 0. The molecule has 26 heteroatoms. The monoisotopic (exact) mass is 1150 g/mol. The number of ether oxygens (including phenoxy) is 6. The highest BCUT2D eigenvalue weighted by Crippen LogP contribution is 2.29. The van der Waals surface area contributed by atoms with Crippen molar-refractivity contribution < 1.29 is 102 Å². The van der Waals surface area contributed by atoms with Crippen molar-refractivity contribution in [2.24, 2.45) is 11.8 Å². The number of hydrogen-bond acceptors (Lipinski definition) is 14. The molecule has 2 aromatic carbocycles. The van der Waals surface area contributed by atoms with Crippen LogP contribution in [0.15, 0.2) is 48.5 Å². The first-order valence-electron chi connectivity index (χ1n) is 25.5. The van der Waals surface area contributed by atoms with E-state index in [0.29, 0.717) is 9.80 Å². The van der Waals surface area contributed by atoms with Gasteiger partial charge in [0.2, 0.25) is 0 Å². The Balaban J connectivity index is 2.32. The minimum atomic E-state index is -5.07. The molecule has 80 heavy (non-hydrogen) atoms. The van der Waals surface area contributed by atoms with Gasteiger partial charge in [-0.2, -0.15) is 0 Å². The van der Waals surface area contributed by atoms with Crippen LogP contribution in [0.3, 0.4) is 0 Å². The molecule has 0 radical (unpaired) electrons. The van der Waals surface area contributed by atoms with Crippen LogP contribution in [0.1, 0.15) is 106 Å². The Hall–Kier alpha value is -6.76. The summed E-state index contributed by atoms with van der Waals surface area (Å²) in [7, 11) is 4.33. The van der Waals surface area contributed by atoms with Crippen LogP contribution in [0.5, 0.6) is 11.5 Å². The van der Waals surface area contributed by atoms with Crippen molar-refractivity contribution in [3.8, 4) is 11.5 Å². The number of rotatable bonds is 14. The smallest absolute Gasteiger partial charge is 0.451 e. The summed E-state index contributed by atoms with van der Waals surface area (Å²) in [4.78, 5) is 118. The molecule has 8 atom stereocenters. The Morgan fingerprint density at radius 3 is 0.950 bits per heavy atom. The first-order chi connectivity index (χ1) is 36.6. The fourth-order valence-electron chi connectivity index (χ4n) is 8.52. The van der Waals surface area contributed by atoms with Crippen molar-refractivity contribution in [2.75, 3.05) is 28.2 Å². The predicted molar refractivity (Wildman–Crippen MR) is 269 cm³/mol. The normalized spacial score (nSPS) is 23.9. The van der Waals surface area contributed by atoms with Crippen LogP contribution in [-0.4, -0.2) is 168 Å². The Labute approximate surface area is 459 Å². The van der Waals surface area contributed by atoms with E-state index in [-0.39, 0.29) is 24.0 Å². The zero-order valence-electron chi connectivity index (χ0n) is 47.2. The van der Waals surface area contributed by atoms with Gasteiger partial charge in [-0.25, -0.2) is 28.0 Å². The third-order valence-electron chi connectivity index (χ3n) is 12.6. The van der Waals surface area contributed by atoms with Gasteiger partial charge >= 0.3 is 36.6 Å². The quantitative estimate of drug-likeness (QED) is 0.101. The number of carbonyl (C=O) groups excluding carboxylic acids is 8. The number of esters is 4. The molecule has 3 rings (SSSR count). The molecule has 0 saturated carbocycles. The van der Waals surface area contributed by atoms with Gasteiger partial charge in [-0.05, 0) is 102 Å². The van der Waals surface area contributed by atoms with Gasteiger partial charge < -0.3 is 48.0 Å². The van der Waals surface area contributed by atoms with Crippen molar-refractivity contribution in [3.05, 3.63) is 59.7 Å². The van der Waals surface area contributed by atoms with E-state index < -0.39 is 169 Å². The second kappa shape index (κ2) is 27.6. The number of carbonyl (C=O) groups is 8. The minimum Gasteiger partial charge on any atom is -0.451 e. The molecule has 0 bridgehead atoms. The zero-order chi connectivity index (χ0) is 61.2. The van der Waals surface area contributed by atoms with E-state index in [9.17, 15) is 64.7 Å². The Bertz CT molecular complexity index is 2310. The summed E-state index contributed by atoms with van der Waals surface area (Å²) >= 11 is 0. The summed E-state index contributed by atoms with van der Waals surface area (Å²) in [5.74, 6) is -11.9. The highest BCUT2D eigenvalue weighted by atomic mass is 19.4. The highest BCUT2D eigenvalue weighted by Gasteiger charge is 2.45. The average molecular weight is 1150 g/mol. The molecule has 0 aromatic heterocycles. The molecule has 0 spiro atoms. The van der Waals surface area contributed by atoms with Gasteiger partial charge in [0.15, 0.2) is 24.4 Å². The third-order valence-corrected chi connectivity index (χ3v) is 12.6. The molecule has 1 heterocycles. The topological polar surface area (TPSA) is 205 Å². The van der Waals surface area contributed by atoms with Gasteiger partial charge in [0.05, 0.1) is 0 Å². The zero-order valence-corrected chi connectivity index (χ0v) is 47.2. The lowest BCUT2D eigenvalue weighted by atomic mass is 9.98. The fraction of sp³-hybridized carbons (Fsp3) is 0.630. The van der Waals surface area contributed by atoms with Gasteiger partial charge in [0.1, 0.15) is 47.0 Å². The molecule has 2 aromatic rings. The molecular weight excluding hydrogens is 1080 g/mol. The Kier molecular flexibility index (Phi) is 23.3. The number of benzene rings is 2. The summed E-state index contributed by atoms with van der Waals surface area (Å²) in [5.41, 5.74) is -4.36. The number of likely N-dealkylation sites (N-methyl/N-ethyl adjacent to an activating group) is 4. The van der Waals surface area contributed by atoms with Crippen LogP contribution in [0.4, 0.5) is 35.1 Å². The van der Waals surface area contributed by atoms with E-state index >= 15 is 8.78 Å². The van der Waals surface area contributed by atoms with Gasteiger partial charge in [-0.3, -0.25) is 19.2 Å². The standard InChI is InChI=1S/C54H72F8N4O14/c1-29(2)23-37-47(71)75-31(5)43(67)65(13)40(28-52(9,10)56)50(74)78-42(26-34-17-21-36(22-18-34)80-54(60,61)62)46(70)64(12)38(24-30(3)4)48(72)76-32(6)44(68)66(14)39(27-51(7,8)55)49(73)77-41(45(69)63(37)11)25-33-15-19-35(20-16-33)79-53(57,58)59/h15-22,29-32,37-42H,23-28H2,1-14H3/t31-,32-,37+,38+,39-,40+,41-,42-/m1/s1. The molecule has 1 aliphatic rings. The molecule has 4 amide bonds. The van der Waals surface area contributed by atoms with Crippen molar-refractivity contribution in [2.45, 2.75) is 180 Å². The van der Waals surface area contributed by atoms with E-state index in [0.717, 1.165) is 128 Å². The van der Waals surface area contributed by atoms with Crippen LogP contribution in [0.2, 0.25) is 0 Å². The van der Waals surface area contributed by atoms with E-state index in [4.69, 9.17) is 18.9 Å². The van der Waals surface area contributed by atoms with Gasteiger partial charge in [-0.15, -0.1) is 26.3 Å². The first kappa shape index (κ1) is 67.5. The molecule has 1 aliphatic heterocycles. The predicted octanol–water partition coefficient (Wildman–Crippen LogP) is 7.65.